The molecule has 5 rings (SSSR count). The normalized spacial score (nSPS) is 15.2. The van der Waals surface area contributed by atoms with Crippen molar-refractivity contribution in [3.05, 3.63) is 58.6 Å². The summed E-state index contributed by atoms with van der Waals surface area (Å²) in [6.07, 6.45) is 6.51. The highest BCUT2D eigenvalue weighted by Crippen LogP contribution is 2.29. The Balaban J connectivity index is 1.21. The summed E-state index contributed by atoms with van der Waals surface area (Å²) in [5.41, 5.74) is 4.01. The molecule has 2 aromatic carbocycles. The van der Waals surface area contributed by atoms with E-state index in [1.807, 2.05) is 55.5 Å². The highest BCUT2D eigenvalue weighted by Gasteiger charge is 2.20. The van der Waals surface area contributed by atoms with E-state index >= 15 is 0 Å². The maximum atomic E-state index is 5.94. The predicted octanol–water partition coefficient (Wildman–Crippen LogP) is 5.74. The molecular weight excluding hydrogens is 560 g/mol. The minimum Gasteiger partial charge on any atom is -0.490 e. The zero-order valence-corrected chi connectivity index (χ0v) is 23.9. The first-order valence-electron chi connectivity index (χ1n) is 13.6. The third-order valence-electron chi connectivity index (χ3n) is 6.60. The number of hydrogen-bond acceptors (Lipinski definition) is 9. The second-order valence-corrected chi connectivity index (χ2v) is 10.4. The minimum atomic E-state index is 0.400. The third kappa shape index (κ3) is 7.53. The molecule has 0 bridgehead atoms. The fraction of sp³-hybridized carbons (Fsp3) is 0.414. The predicted molar refractivity (Wildman–Crippen MR) is 159 cm³/mol. The number of nitrogens with one attached hydrogen (secondary N) is 1. The number of anilines is 3. The second-order valence-electron chi connectivity index (χ2n) is 9.46. The summed E-state index contributed by atoms with van der Waals surface area (Å²) < 4.78 is 18.5. The Hall–Kier alpha value is -3.53. The van der Waals surface area contributed by atoms with Gasteiger partial charge in [-0.25, -0.2) is 0 Å². The lowest BCUT2D eigenvalue weighted by Crippen LogP contribution is -2.24. The Morgan fingerprint density at radius 1 is 0.846 bits per heavy atom. The van der Waals surface area contributed by atoms with Gasteiger partial charge in [0.05, 0.1) is 12.8 Å². The summed E-state index contributed by atoms with van der Waals surface area (Å²) >= 11 is 3.43. The summed E-state index contributed by atoms with van der Waals surface area (Å²) in [7, 11) is 0. The van der Waals surface area contributed by atoms with Crippen molar-refractivity contribution in [1.29, 1.82) is 0 Å². The number of hydrazone groups is 1. The molecule has 2 aliphatic rings. The summed E-state index contributed by atoms with van der Waals surface area (Å²) in [5, 5.41) is 4.47. The van der Waals surface area contributed by atoms with Crippen LogP contribution in [-0.2, 0) is 0 Å². The molecule has 0 unspecified atom stereocenters. The molecule has 0 atom stereocenters. The lowest BCUT2D eigenvalue weighted by molar-refractivity contribution is 0.208. The first kappa shape index (κ1) is 27.1. The van der Waals surface area contributed by atoms with Gasteiger partial charge in [-0.15, -0.1) is 0 Å². The van der Waals surface area contributed by atoms with Crippen LogP contribution in [-0.4, -0.2) is 62.2 Å². The van der Waals surface area contributed by atoms with Crippen LogP contribution in [0.25, 0.3) is 0 Å². The van der Waals surface area contributed by atoms with Gasteiger partial charge >= 0.3 is 0 Å². The lowest BCUT2D eigenvalue weighted by Gasteiger charge is -2.21. The van der Waals surface area contributed by atoms with E-state index in [-0.39, 0.29) is 0 Å². The van der Waals surface area contributed by atoms with Crippen molar-refractivity contribution in [3.8, 4) is 17.2 Å². The number of nitrogens with zero attached hydrogens (tertiary/aromatic N) is 5. The van der Waals surface area contributed by atoms with Crippen molar-refractivity contribution < 1.29 is 14.2 Å². The Bertz CT molecular complexity index is 1210. The van der Waals surface area contributed by atoms with Gasteiger partial charge < -0.3 is 24.0 Å². The molecule has 2 aliphatic heterocycles. The van der Waals surface area contributed by atoms with Crippen LogP contribution in [0.1, 0.15) is 38.2 Å². The molecule has 0 saturated carbocycles. The molecule has 1 aromatic heterocycles. The topological polar surface area (TPSA) is 84.3 Å². The highest BCUT2D eigenvalue weighted by atomic mass is 79.9. The Kier molecular flexibility index (Phi) is 9.37. The van der Waals surface area contributed by atoms with Crippen LogP contribution in [0.4, 0.5) is 17.6 Å². The van der Waals surface area contributed by atoms with Crippen molar-refractivity contribution in [2.24, 2.45) is 5.10 Å². The molecule has 10 heteroatoms. The smallest absolute Gasteiger partial charge is 0.229 e. The zero-order valence-electron chi connectivity index (χ0n) is 22.3. The van der Waals surface area contributed by atoms with E-state index < -0.39 is 0 Å². The monoisotopic (exact) mass is 594 g/mol. The van der Waals surface area contributed by atoms with Gasteiger partial charge in [0, 0.05) is 36.7 Å². The van der Waals surface area contributed by atoms with Gasteiger partial charge in [-0.1, -0.05) is 15.9 Å². The zero-order chi connectivity index (χ0) is 26.9. The lowest BCUT2D eigenvalue weighted by atomic mass is 10.2. The van der Waals surface area contributed by atoms with Crippen molar-refractivity contribution in [1.82, 2.24) is 9.97 Å². The van der Waals surface area contributed by atoms with Gasteiger partial charge in [-0.05, 0) is 80.6 Å². The molecule has 9 nitrogen and oxygen atoms in total. The third-order valence-corrected chi connectivity index (χ3v) is 7.13. The van der Waals surface area contributed by atoms with Crippen molar-refractivity contribution in [3.63, 3.8) is 0 Å². The van der Waals surface area contributed by atoms with E-state index in [0.29, 0.717) is 37.1 Å². The van der Waals surface area contributed by atoms with Gasteiger partial charge in [0.1, 0.15) is 24.8 Å². The van der Waals surface area contributed by atoms with Gasteiger partial charge in [0.15, 0.2) is 17.3 Å². The molecule has 0 spiro atoms. The average Bonchev–Trinajstić information content (AvgIpc) is 3.69. The number of rotatable bonds is 12. The molecule has 39 heavy (non-hydrogen) atoms. The Morgan fingerprint density at radius 3 is 2.31 bits per heavy atom. The summed E-state index contributed by atoms with van der Waals surface area (Å²) in [6.45, 7) is 7.37. The standard InChI is InChI=1S/C29H35BrN6O3/c1-2-37-26-19-22(7-12-25(26)39-18-17-38-24-10-8-23(30)9-11-24)21-31-34-27-20-28(35-13-3-4-14-35)33-29(32-27)36-15-5-6-16-36/h7-12,19-21H,2-6,13-18H2,1H3,(H,32,33,34)/b31-21+. The first-order valence-corrected chi connectivity index (χ1v) is 14.4. The number of aromatic nitrogens is 2. The van der Waals surface area contributed by atoms with Crippen LogP contribution in [0.15, 0.2) is 58.1 Å². The maximum absolute atomic E-state index is 5.94. The van der Waals surface area contributed by atoms with Gasteiger partial charge in [-0.3, -0.25) is 5.43 Å². The highest BCUT2D eigenvalue weighted by molar-refractivity contribution is 9.10. The van der Waals surface area contributed by atoms with Crippen molar-refractivity contribution >= 4 is 39.7 Å². The molecule has 3 heterocycles. The molecular formula is C29H35BrN6O3. The largest absolute Gasteiger partial charge is 0.490 e. The number of ether oxygens (including phenoxy) is 3. The number of halogens is 1. The van der Waals surface area contributed by atoms with Crippen molar-refractivity contribution in [2.45, 2.75) is 32.6 Å². The van der Waals surface area contributed by atoms with E-state index in [9.17, 15) is 0 Å². The molecule has 0 aliphatic carbocycles. The number of hydrogen-bond donors (Lipinski definition) is 1. The van der Waals surface area contributed by atoms with Crippen LogP contribution in [0, 0.1) is 0 Å². The molecule has 1 N–H and O–H groups in total. The molecule has 0 radical (unpaired) electrons. The molecule has 0 amide bonds. The number of benzene rings is 2. The fourth-order valence-corrected chi connectivity index (χ4v) is 4.92. The van der Waals surface area contributed by atoms with Crippen LogP contribution < -0.4 is 29.4 Å². The van der Waals surface area contributed by atoms with Crippen LogP contribution >= 0.6 is 15.9 Å². The van der Waals surface area contributed by atoms with E-state index in [0.717, 1.165) is 53.7 Å². The van der Waals surface area contributed by atoms with E-state index in [1.54, 1.807) is 6.21 Å². The average molecular weight is 596 g/mol. The quantitative estimate of drug-likeness (QED) is 0.161. The van der Waals surface area contributed by atoms with Crippen molar-refractivity contribution in [2.75, 3.05) is 61.2 Å². The summed E-state index contributed by atoms with van der Waals surface area (Å²) in [5.74, 6) is 4.57. The van der Waals surface area contributed by atoms with Gasteiger partial charge in [0.2, 0.25) is 5.95 Å². The van der Waals surface area contributed by atoms with Crippen LogP contribution in [0.2, 0.25) is 0 Å². The Labute approximate surface area is 238 Å². The molecule has 206 valence electrons. The van der Waals surface area contributed by atoms with Crippen LogP contribution in [0.5, 0.6) is 17.2 Å². The molecule has 2 fully saturated rings. The molecule has 2 saturated heterocycles. The summed E-state index contributed by atoms with van der Waals surface area (Å²) in [4.78, 5) is 14.2. The maximum Gasteiger partial charge on any atom is 0.229 e. The summed E-state index contributed by atoms with van der Waals surface area (Å²) in [6, 6.07) is 15.5. The van der Waals surface area contributed by atoms with Crippen LogP contribution in [0.3, 0.4) is 0 Å². The second kappa shape index (κ2) is 13.5. The van der Waals surface area contributed by atoms with E-state index in [2.05, 4.69) is 36.3 Å². The molecule has 3 aromatic rings. The van der Waals surface area contributed by atoms with Gasteiger partial charge in [-0.2, -0.15) is 15.1 Å². The Morgan fingerprint density at radius 2 is 1.56 bits per heavy atom. The van der Waals surface area contributed by atoms with Gasteiger partial charge in [0.25, 0.3) is 0 Å². The minimum absolute atomic E-state index is 0.400. The fourth-order valence-electron chi connectivity index (χ4n) is 4.65. The van der Waals surface area contributed by atoms with E-state index in [1.165, 1.54) is 25.7 Å². The first-order chi connectivity index (χ1) is 19.2. The van der Waals surface area contributed by atoms with E-state index in [4.69, 9.17) is 24.2 Å². The SMILES string of the molecule is CCOc1cc(/C=N/Nc2cc(N3CCCC3)nc(N3CCCC3)n2)ccc1OCCOc1ccc(Br)cc1.